The van der Waals surface area contributed by atoms with Gasteiger partial charge in [0.1, 0.15) is 6.10 Å². The zero-order chi connectivity index (χ0) is 14.4. The summed E-state index contributed by atoms with van der Waals surface area (Å²) in [6.07, 6.45) is -0.473. The minimum absolute atomic E-state index is 0.173. The fraction of sp³-hybridized carbons (Fsp3) is 0.615. The highest BCUT2D eigenvalue weighted by Gasteiger charge is 2.11. The third kappa shape index (κ3) is 4.48. The maximum atomic E-state index is 11.7. The molecule has 106 valence electrons. The van der Waals surface area contributed by atoms with E-state index in [-0.39, 0.29) is 11.6 Å². The maximum absolute atomic E-state index is 11.7. The highest BCUT2D eigenvalue weighted by molar-refractivity contribution is 5.80. The molecule has 0 aromatic carbocycles. The second-order valence-electron chi connectivity index (χ2n) is 4.36. The number of amides is 1. The number of hydrogen-bond acceptors (Lipinski definition) is 4. The van der Waals surface area contributed by atoms with Gasteiger partial charge in [0.2, 0.25) is 5.91 Å². The van der Waals surface area contributed by atoms with E-state index in [1.54, 1.807) is 18.4 Å². The molecule has 1 aromatic rings. The number of ether oxygens (including phenoxy) is 1. The molecule has 0 spiro atoms. The van der Waals surface area contributed by atoms with Crippen LogP contribution in [0.15, 0.2) is 10.9 Å². The van der Waals surface area contributed by atoms with Crippen molar-refractivity contribution < 1.29 is 9.53 Å². The van der Waals surface area contributed by atoms with Crippen molar-refractivity contribution in [2.45, 2.75) is 40.3 Å². The Hall–Kier alpha value is -1.69. The fourth-order valence-electron chi connectivity index (χ4n) is 1.81. The Kier molecular flexibility index (Phi) is 5.69. The summed E-state index contributed by atoms with van der Waals surface area (Å²) < 4.78 is 6.72. The molecule has 0 aliphatic rings. The largest absolute Gasteiger partial charge is 0.369 e. The first-order chi connectivity index (χ1) is 8.95. The molecule has 0 bridgehead atoms. The lowest BCUT2D eigenvalue weighted by Crippen LogP contribution is -2.38. The van der Waals surface area contributed by atoms with E-state index in [1.807, 2.05) is 19.9 Å². The number of rotatable bonds is 6. The number of nitrogens with one attached hydrogen (secondary N) is 1. The van der Waals surface area contributed by atoms with Gasteiger partial charge in [0.15, 0.2) is 0 Å². The zero-order valence-corrected chi connectivity index (χ0v) is 11.9. The van der Waals surface area contributed by atoms with Crippen LogP contribution in [0.1, 0.15) is 25.2 Å². The molecule has 1 rings (SSSR count). The summed E-state index contributed by atoms with van der Waals surface area (Å²) >= 11 is 0. The average Bonchev–Trinajstić information content (AvgIpc) is 2.32. The molecule has 1 heterocycles. The number of aromatic nitrogens is 2. The Morgan fingerprint density at radius 2 is 2.21 bits per heavy atom. The molecule has 0 unspecified atom stereocenters. The molecule has 19 heavy (non-hydrogen) atoms. The summed E-state index contributed by atoms with van der Waals surface area (Å²) in [6.45, 7) is 8.44. The fourth-order valence-corrected chi connectivity index (χ4v) is 1.81. The van der Waals surface area contributed by atoms with Gasteiger partial charge in [-0.05, 0) is 33.8 Å². The monoisotopic (exact) mass is 267 g/mol. The van der Waals surface area contributed by atoms with Gasteiger partial charge in [0.25, 0.3) is 0 Å². The summed E-state index contributed by atoms with van der Waals surface area (Å²) in [5, 5.41) is 2.73. The summed E-state index contributed by atoms with van der Waals surface area (Å²) in [5.41, 5.74) is 1.25. The molecule has 0 aliphatic carbocycles. The minimum atomic E-state index is -0.473. The third-order valence-electron chi connectivity index (χ3n) is 2.77. The number of aryl methyl sites for hydroxylation is 2. The summed E-state index contributed by atoms with van der Waals surface area (Å²) in [7, 11) is 0. The molecule has 1 aromatic heterocycles. The summed E-state index contributed by atoms with van der Waals surface area (Å²) in [5.74, 6) is -0.173. The molecule has 1 N–H and O–H groups in total. The van der Waals surface area contributed by atoms with Crippen molar-refractivity contribution in [3.05, 3.63) is 27.9 Å². The minimum Gasteiger partial charge on any atom is -0.369 e. The van der Waals surface area contributed by atoms with Gasteiger partial charge in [-0.1, -0.05) is 0 Å². The SMILES string of the molecule is CCO[C@H](C)C(=O)NCCn1c(C)cc(C)nc1=O. The number of nitrogens with zero attached hydrogens (tertiary/aromatic N) is 2. The van der Waals surface area contributed by atoms with Crippen molar-refractivity contribution >= 4 is 5.91 Å². The molecule has 0 saturated heterocycles. The zero-order valence-electron chi connectivity index (χ0n) is 11.9. The first kappa shape index (κ1) is 15.4. The van der Waals surface area contributed by atoms with Crippen molar-refractivity contribution in [1.82, 2.24) is 14.9 Å². The van der Waals surface area contributed by atoms with Crippen LogP contribution in [-0.2, 0) is 16.1 Å². The number of hydrogen-bond donors (Lipinski definition) is 1. The van der Waals surface area contributed by atoms with Crippen LogP contribution < -0.4 is 11.0 Å². The predicted octanol–water partition coefficient (Wildman–Crippen LogP) is 0.401. The Bertz CT molecular complexity index is 496. The van der Waals surface area contributed by atoms with Crippen molar-refractivity contribution in [3.63, 3.8) is 0 Å². The van der Waals surface area contributed by atoms with Crippen LogP contribution in [0.3, 0.4) is 0 Å². The lowest BCUT2D eigenvalue weighted by atomic mass is 10.3. The highest BCUT2D eigenvalue weighted by atomic mass is 16.5. The van der Waals surface area contributed by atoms with Gasteiger partial charge in [0.05, 0.1) is 0 Å². The molecule has 0 aliphatic heterocycles. The van der Waals surface area contributed by atoms with Gasteiger partial charge >= 0.3 is 5.69 Å². The number of carbonyl (C=O) groups excluding carboxylic acids is 1. The Balaban J connectivity index is 2.55. The topological polar surface area (TPSA) is 73.2 Å². The third-order valence-corrected chi connectivity index (χ3v) is 2.77. The van der Waals surface area contributed by atoms with Gasteiger partial charge in [-0.2, -0.15) is 4.98 Å². The van der Waals surface area contributed by atoms with E-state index in [9.17, 15) is 9.59 Å². The summed E-state index contributed by atoms with van der Waals surface area (Å²) in [4.78, 5) is 27.2. The Labute approximate surface area is 112 Å². The molecule has 6 heteroatoms. The lowest BCUT2D eigenvalue weighted by molar-refractivity contribution is -0.131. The van der Waals surface area contributed by atoms with E-state index in [2.05, 4.69) is 10.3 Å². The molecule has 0 fully saturated rings. The van der Waals surface area contributed by atoms with Crippen LogP contribution in [0.5, 0.6) is 0 Å². The van der Waals surface area contributed by atoms with Crippen molar-refractivity contribution in [2.24, 2.45) is 0 Å². The molecular formula is C13H21N3O3. The quantitative estimate of drug-likeness (QED) is 0.809. The van der Waals surface area contributed by atoms with Crippen LogP contribution in [-0.4, -0.2) is 34.7 Å². The van der Waals surface area contributed by atoms with Gasteiger partial charge < -0.3 is 10.1 Å². The van der Waals surface area contributed by atoms with E-state index < -0.39 is 6.10 Å². The van der Waals surface area contributed by atoms with Crippen molar-refractivity contribution in [2.75, 3.05) is 13.2 Å². The molecule has 1 atom stereocenters. The second-order valence-corrected chi connectivity index (χ2v) is 4.36. The smallest absolute Gasteiger partial charge is 0.348 e. The van der Waals surface area contributed by atoms with Crippen molar-refractivity contribution in [3.8, 4) is 0 Å². The standard InChI is InChI=1S/C13H21N3O3/c1-5-19-11(4)12(17)14-6-7-16-10(3)8-9(2)15-13(16)18/h8,11H,5-7H2,1-4H3,(H,14,17)/t11-/m1/s1. The molecule has 1 amide bonds. The lowest BCUT2D eigenvalue weighted by Gasteiger charge is -2.13. The van der Waals surface area contributed by atoms with E-state index in [1.165, 1.54) is 0 Å². The Morgan fingerprint density at radius 3 is 2.79 bits per heavy atom. The molecule has 6 nitrogen and oxygen atoms in total. The first-order valence-electron chi connectivity index (χ1n) is 6.40. The van der Waals surface area contributed by atoms with Crippen molar-refractivity contribution in [1.29, 1.82) is 0 Å². The van der Waals surface area contributed by atoms with E-state index in [4.69, 9.17) is 4.74 Å². The molecular weight excluding hydrogens is 246 g/mol. The van der Waals surface area contributed by atoms with Crippen LogP contribution in [0.4, 0.5) is 0 Å². The van der Waals surface area contributed by atoms with Crippen LogP contribution in [0.2, 0.25) is 0 Å². The normalized spacial score (nSPS) is 12.2. The van der Waals surface area contributed by atoms with E-state index in [0.717, 1.165) is 5.69 Å². The van der Waals surface area contributed by atoms with Crippen LogP contribution in [0, 0.1) is 13.8 Å². The van der Waals surface area contributed by atoms with Gasteiger partial charge in [0, 0.05) is 31.1 Å². The first-order valence-corrected chi connectivity index (χ1v) is 6.40. The predicted molar refractivity (Wildman–Crippen MR) is 72.1 cm³/mol. The maximum Gasteiger partial charge on any atom is 0.348 e. The van der Waals surface area contributed by atoms with Crippen LogP contribution >= 0.6 is 0 Å². The van der Waals surface area contributed by atoms with Gasteiger partial charge in [-0.3, -0.25) is 9.36 Å². The summed E-state index contributed by atoms with van der Waals surface area (Å²) in [6, 6.07) is 1.84. The van der Waals surface area contributed by atoms with Crippen LogP contribution in [0.25, 0.3) is 0 Å². The van der Waals surface area contributed by atoms with E-state index >= 15 is 0 Å². The Morgan fingerprint density at radius 1 is 1.53 bits per heavy atom. The van der Waals surface area contributed by atoms with Gasteiger partial charge in [-0.25, -0.2) is 4.79 Å². The molecule has 0 radical (unpaired) electrons. The average molecular weight is 267 g/mol. The number of carbonyl (C=O) groups is 1. The van der Waals surface area contributed by atoms with Gasteiger partial charge in [-0.15, -0.1) is 0 Å². The second kappa shape index (κ2) is 7.04. The molecule has 0 saturated carbocycles. The highest BCUT2D eigenvalue weighted by Crippen LogP contribution is 1.96. The van der Waals surface area contributed by atoms with E-state index in [0.29, 0.717) is 25.4 Å².